The second kappa shape index (κ2) is 36.2. The minimum atomic E-state index is -1.64. The van der Waals surface area contributed by atoms with E-state index in [-0.39, 0.29) is 160 Å². The van der Waals surface area contributed by atoms with Gasteiger partial charge in [0.1, 0.15) is 0 Å². The van der Waals surface area contributed by atoms with Crippen molar-refractivity contribution in [3.8, 4) is 0 Å². The van der Waals surface area contributed by atoms with E-state index < -0.39 is 46.6 Å². The van der Waals surface area contributed by atoms with E-state index in [2.05, 4.69) is 132 Å². The van der Waals surface area contributed by atoms with Crippen LogP contribution in [0.2, 0.25) is 0 Å². The van der Waals surface area contributed by atoms with Crippen molar-refractivity contribution in [2.24, 2.45) is 10.8 Å². The molecule has 92 heavy (non-hydrogen) atoms. The Bertz CT molecular complexity index is 1960. The van der Waals surface area contributed by atoms with Crippen LogP contribution in [0.1, 0.15) is 279 Å². The fraction of sp³-hybridized carbons (Fsp3) is 0.917. The van der Waals surface area contributed by atoms with Gasteiger partial charge in [-0.25, -0.2) is 0 Å². The van der Waals surface area contributed by atoms with Gasteiger partial charge in [-0.05, 0) is 201 Å². The number of hydrogen-bond acceptors (Lipinski definition) is 20. The van der Waals surface area contributed by atoms with Gasteiger partial charge < -0.3 is 68.6 Å². The molecule has 20 heteroatoms. The summed E-state index contributed by atoms with van der Waals surface area (Å²) in [7, 11) is 0. The molecule has 0 aromatic rings. The van der Waals surface area contributed by atoms with Crippen LogP contribution in [0.5, 0.6) is 0 Å². The zero-order valence-corrected chi connectivity index (χ0v) is 60.9. The quantitative estimate of drug-likeness (QED) is 0.0192. The summed E-state index contributed by atoms with van der Waals surface area (Å²) in [5.74, 6) is -4.01. The summed E-state index contributed by atoms with van der Waals surface area (Å²) in [6.07, 6.45) is 11.4. The first-order chi connectivity index (χ1) is 42.8. The molecule has 0 amide bonds. The Hall–Kier alpha value is -3.50. The lowest BCUT2D eigenvalue weighted by Gasteiger charge is -2.46. The van der Waals surface area contributed by atoms with Crippen LogP contribution < -0.4 is 21.3 Å². The van der Waals surface area contributed by atoms with Gasteiger partial charge in [-0.3, -0.25) is 28.8 Å². The summed E-state index contributed by atoms with van der Waals surface area (Å²) < 4.78 is 60.0. The van der Waals surface area contributed by atoms with E-state index in [1.807, 2.05) is 13.8 Å². The molecule has 0 radical (unpaired) electrons. The van der Waals surface area contributed by atoms with Gasteiger partial charge in [0.05, 0.1) is 103 Å². The van der Waals surface area contributed by atoms with E-state index in [0.717, 1.165) is 51.4 Å². The van der Waals surface area contributed by atoms with Crippen molar-refractivity contribution in [1.82, 2.24) is 21.3 Å². The van der Waals surface area contributed by atoms with Gasteiger partial charge in [-0.2, -0.15) is 0 Å². The molecule has 4 aliphatic rings. The highest BCUT2D eigenvalue weighted by Crippen LogP contribution is 2.38. The SMILES string of the molecule is CCCCC(CCCOC(=O)CCC(=O)OCCCC(CCCC)(C(=O)OCCCOC1CC(C)(C)NC(C)(C)C1)C(=O)OCCCOC1CC(C)(C)NC(C)(C)C1)(C(=O)OCCCOC1CC(C)(C)NC(C)(C)C1)C(=O)OCCCOC1CC(C)(C)NC(C)(C)C1. The summed E-state index contributed by atoms with van der Waals surface area (Å²) in [6, 6.07) is 0. The molecular weight excluding hydrogens is 1180 g/mol. The largest absolute Gasteiger partial charge is 0.466 e. The summed E-state index contributed by atoms with van der Waals surface area (Å²) in [6.45, 7) is 40.2. The standard InChI is InChI=1S/C72H130N4O16/c1-19-21-31-71(59(79)89-41-25-37-83-53-45-63(3,4)73-64(5,6)46-53,60(80)90-42-26-38-84-54-47-65(7,8)74-66(9,10)48-54)33-23-35-87-57(77)29-30-58(78)88-36-24-34-72(32-22-20-2,61(81)91-43-27-39-85-55-49-67(11,12)75-68(13,14)50-55)62(82)92-44-28-40-86-56-51-69(15,16)76-70(17,18)52-56/h53-56,73-76H,19-52H2,1-18H3. The molecule has 0 aliphatic carbocycles. The molecule has 534 valence electrons. The monoisotopic (exact) mass is 1310 g/mol. The molecule has 0 unspecified atom stereocenters. The number of esters is 6. The highest BCUT2D eigenvalue weighted by Gasteiger charge is 2.50. The first-order valence-electron chi connectivity index (χ1n) is 35.4. The smallest absolute Gasteiger partial charge is 0.323 e. The summed E-state index contributed by atoms with van der Waals surface area (Å²) in [4.78, 5) is 83.5. The molecule has 0 atom stereocenters. The van der Waals surface area contributed by atoms with Crippen LogP contribution in [0.4, 0.5) is 0 Å². The van der Waals surface area contributed by atoms with E-state index in [1.54, 1.807) is 0 Å². The Morgan fingerprint density at radius 3 is 0.696 bits per heavy atom. The van der Waals surface area contributed by atoms with Crippen LogP contribution in [0, 0.1) is 10.8 Å². The molecule has 0 saturated carbocycles. The van der Waals surface area contributed by atoms with Crippen molar-refractivity contribution in [3.05, 3.63) is 0 Å². The van der Waals surface area contributed by atoms with E-state index >= 15 is 0 Å². The maximum absolute atomic E-state index is 14.3. The van der Waals surface area contributed by atoms with Crippen LogP contribution in [0.3, 0.4) is 0 Å². The van der Waals surface area contributed by atoms with Gasteiger partial charge in [-0.15, -0.1) is 0 Å². The van der Waals surface area contributed by atoms with Crippen LogP contribution in [-0.4, -0.2) is 171 Å². The second-order valence-electron chi connectivity index (χ2n) is 32.7. The van der Waals surface area contributed by atoms with E-state index in [0.29, 0.717) is 77.8 Å². The third-order valence-corrected chi connectivity index (χ3v) is 18.1. The van der Waals surface area contributed by atoms with E-state index in [1.165, 1.54) is 0 Å². The van der Waals surface area contributed by atoms with Crippen molar-refractivity contribution in [2.75, 3.05) is 66.1 Å². The Morgan fingerprint density at radius 2 is 0.489 bits per heavy atom. The van der Waals surface area contributed by atoms with Gasteiger partial charge in [0.2, 0.25) is 0 Å². The molecule has 0 aromatic carbocycles. The predicted octanol–water partition coefficient (Wildman–Crippen LogP) is 11.8. The molecule has 4 fully saturated rings. The third kappa shape index (κ3) is 29.1. The normalized spacial score (nSPS) is 21.2. The number of ether oxygens (including phenoxy) is 10. The van der Waals surface area contributed by atoms with Crippen molar-refractivity contribution < 1.29 is 76.1 Å². The van der Waals surface area contributed by atoms with Gasteiger partial charge >= 0.3 is 35.8 Å². The van der Waals surface area contributed by atoms with Crippen molar-refractivity contribution >= 4 is 35.8 Å². The lowest BCUT2D eigenvalue weighted by molar-refractivity contribution is -0.177. The van der Waals surface area contributed by atoms with Crippen LogP contribution in [-0.2, 0) is 76.1 Å². The number of nitrogens with one attached hydrogen (secondary N) is 4. The zero-order valence-electron chi connectivity index (χ0n) is 60.9. The highest BCUT2D eigenvalue weighted by molar-refractivity contribution is 6.00. The third-order valence-electron chi connectivity index (χ3n) is 18.1. The molecule has 4 aliphatic heterocycles. The molecule has 0 spiro atoms. The molecule has 4 saturated heterocycles. The molecular formula is C72H130N4O16. The average Bonchev–Trinajstić information content (AvgIpc) is 0.885. The van der Waals surface area contributed by atoms with Crippen LogP contribution >= 0.6 is 0 Å². The summed E-state index contributed by atoms with van der Waals surface area (Å²) >= 11 is 0. The highest BCUT2D eigenvalue weighted by atomic mass is 16.6. The fourth-order valence-corrected chi connectivity index (χ4v) is 15.5. The first kappa shape index (κ1) is 80.9. The number of carbonyl (C=O) groups excluding carboxylic acids is 6. The summed E-state index contributed by atoms with van der Waals surface area (Å²) in [5, 5.41) is 14.7. The molecule has 20 nitrogen and oxygen atoms in total. The maximum atomic E-state index is 14.3. The molecule has 0 aromatic heterocycles. The van der Waals surface area contributed by atoms with E-state index in [9.17, 15) is 28.8 Å². The Morgan fingerprint density at radius 1 is 0.293 bits per heavy atom. The second-order valence-corrected chi connectivity index (χ2v) is 32.7. The van der Waals surface area contributed by atoms with Crippen LogP contribution in [0.25, 0.3) is 0 Å². The minimum absolute atomic E-state index is 0.0145. The average molecular weight is 1310 g/mol. The molecule has 0 bridgehead atoms. The lowest BCUT2D eigenvalue weighted by Crippen LogP contribution is -2.59. The molecule has 4 heterocycles. The number of unbranched alkanes of at least 4 members (excludes halogenated alkanes) is 2. The number of rotatable bonds is 41. The topological polar surface area (TPSA) is 243 Å². The first-order valence-corrected chi connectivity index (χ1v) is 35.4. The predicted molar refractivity (Wildman–Crippen MR) is 357 cm³/mol. The number of hydrogen-bond donors (Lipinski definition) is 4. The van der Waals surface area contributed by atoms with Crippen molar-refractivity contribution in [1.29, 1.82) is 0 Å². The van der Waals surface area contributed by atoms with Crippen molar-refractivity contribution in [3.63, 3.8) is 0 Å². The van der Waals surface area contributed by atoms with Gasteiger partial charge in [0.15, 0.2) is 10.8 Å². The number of carbonyl (C=O) groups is 6. The fourth-order valence-electron chi connectivity index (χ4n) is 15.5. The Labute approximate surface area is 555 Å². The maximum Gasteiger partial charge on any atom is 0.323 e. The van der Waals surface area contributed by atoms with Gasteiger partial charge in [0, 0.05) is 70.0 Å². The lowest BCUT2D eigenvalue weighted by atomic mass is 9.78. The minimum Gasteiger partial charge on any atom is -0.466 e. The molecule has 4 rings (SSSR count). The van der Waals surface area contributed by atoms with Gasteiger partial charge in [0.25, 0.3) is 0 Å². The molecule has 4 N–H and O–H groups in total. The van der Waals surface area contributed by atoms with Crippen molar-refractivity contribution in [2.45, 2.75) is 347 Å². The van der Waals surface area contributed by atoms with E-state index in [4.69, 9.17) is 47.4 Å². The van der Waals surface area contributed by atoms with Gasteiger partial charge in [-0.1, -0.05) is 39.5 Å². The summed E-state index contributed by atoms with van der Waals surface area (Å²) in [5.41, 5.74) is -3.98. The zero-order chi connectivity index (χ0) is 68.7. The Kier molecular flexibility index (Phi) is 31.8. The number of piperidine rings is 4. The van der Waals surface area contributed by atoms with Crippen LogP contribution in [0.15, 0.2) is 0 Å². The Balaban J connectivity index is 1.33.